The molecule has 4 rings (SSSR count). The summed E-state index contributed by atoms with van der Waals surface area (Å²) in [5.41, 5.74) is 9.98. The molecule has 0 aliphatic carbocycles. The van der Waals surface area contributed by atoms with E-state index in [-0.39, 0.29) is 11.9 Å². The molecule has 0 radical (unpaired) electrons. The molecule has 0 saturated heterocycles. The highest BCUT2D eigenvalue weighted by Crippen LogP contribution is 2.30. The molecule has 1 atom stereocenters. The van der Waals surface area contributed by atoms with E-state index in [0.717, 1.165) is 33.7 Å². The third kappa shape index (κ3) is 3.43. The first-order valence-corrected chi connectivity index (χ1v) is 9.98. The zero-order valence-electron chi connectivity index (χ0n) is 15.4. The van der Waals surface area contributed by atoms with E-state index in [0.29, 0.717) is 12.2 Å². The number of nitrogens with zero attached hydrogens (tertiary/aromatic N) is 2. The van der Waals surface area contributed by atoms with Gasteiger partial charge < -0.3 is 5.73 Å². The van der Waals surface area contributed by atoms with Gasteiger partial charge in [-0.05, 0) is 54.6 Å². The number of halogens is 1. The number of carbonyl (C=O) groups excluding carboxylic acids is 1. The van der Waals surface area contributed by atoms with E-state index in [1.54, 1.807) is 16.2 Å². The number of urea groups is 1. The van der Waals surface area contributed by atoms with Crippen LogP contribution >= 0.6 is 11.3 Å². The Bertz CT molecular complexity index is 1030. The van der Waals surface area contributed by atoms with E-state index in [4.69, 9.17) is 5.73 Å². The van der Waals surface area contributed by atoms with Gasteiger partial charge in [-0.25, -0.2) is 9.18 Å². The fourth-order valence-corrected chi connectivity index (χ4v) is 4.36. The van der Waals surface area contributed by atoms with Crippen molar-refractivity contribution in [2.45, 2.75) is 19.4 Å². The van der Waals surface area contributed by atoms with Crippen molar-refractivity contribution in [1.82, 2.24) is 0 Å². The zero-order valence-corrected chi connectivity index (χ0v) is 16.2. The average Bonchev–Trinajstić information content (AvgIpc) is 3.23. The van der Waals surface area contributed by atoms with Gasteiger partial charge in [-0.15, -0.1) is 11.3 Å². The van der Waals surface area contributed by atoms with Crippen LogP contribution in [0.2, 0.25) is 0 Å². The van der Waals surface area contributed by atoms with Crippen LogP contribution in [0, 0.1) is 5.82 Å². The van der Waals surface area contributed by atoms with Crippen molar-refractivity contribution in [2.24, 2.45) is 10.7 Å². The normalized spacial score (nSPS) is 14.1. The topological polar surface area (TPSA) is 58.7 Å². The van der Waals surface area contributed by atoms with E-state index in [1.165, 1.54) is 12.1 Å². The Balaban J connectivity index is 1.66. The lowest BCUT2D eigenvalue weighted by atomic mass is 9.93. The third-order valence-electron chi connectivity index (χ3n) is 4.98. The summed E-state index contributed by atoms with van der Waals surface area (Å²) in [7, 11) is 0. The summed E-state index contributed by atoms with van der Waals surface area (Å²) in [6.45, 7) is 2.63. The fourth-order valence-electron chi connectivity index (χ4n) is 3.59. The summed E-state index contributed by atoms with van der Waals surface area (Å²) in [6, 6.07) is 15.7. The number of nitrogens with two attached hydrogens (primary N) is 1. The van der Waals surface area contributed by atoms with Crippen LogP contribution in [-0.4, -0.2) is 18.3 Å². The van der Waals surface area contributed by atoms with E-state index in [2.05, 4.69) is 4.99 Å². The molecule has 0 spiro atoms. The highest BCUT2D eigenvalue weighted by atomic mass is 32.1. The average molecular weight is 393 g/mol. The number of aliphatic imine (C=N–C) groups is 1. The van der Waals surface area contributed by atoms with Crippen molar-refractivity contribution in [3.63, 3.8) is 0 Å². The lowest BCUT2D eigenvalue weighted by Crippen LogP contribution is -2.37. The first-order valence-electron chi connectivity index (χ1n) is 9.10. The van der Waals surface area contributed by atoms with Crippen LogP contribution in [0.5, 0.6) is 0 Å². The van der Waals surface area contributed by atoms with Crippen molar-refractivity contribution in [3.05, 3.63) is 87.4 Å². The Hall–Kier alpha value is -2.99. The van der Waals surface area contributed by atoms with E-state index >= 15 is 0 Å². The Labute approximate surface area is 167 Å². The van der Waals surface area contributed by atoms with Crippen molar-refractivity contribution in [2.75, 3.05) is 11.4 Å². The summed E-state index contributed by atoms with van der Waals surface area (Å²) < 4.78 is 13.8. The first-order chi connectivity index (χ1) is 13.5. The zero-order chi connectivity index (χ0) is 19.7. The van der Waals surface area contributed by atoms with E-state index in [9.17, 15) is 9.18 Å². The number of rotatable bonds is 4. The molecule has 6 heteroatoms. The van der Waals surface area contributed by atoms with E-state index in [1.807, 2.05) is 54.8 Å². The fraction of sp³-hybridized carbons (Fsp3) is 0.182. The lowest BCUT2D eigenvalue weighted by Gasteiger charge is -2.27. The second-order valence-electron chi connectivity index (χ2n) is 6.73. The highest BCUT2D eigenvalue weighted by Gasteiger charge is 2.23. The van der Waals surface area contributed by atoms with Crippen molar-refractivity contribution >= 4 is 28.8 Å². The molecule has 0 saturated carbocycles. The Morgan fingerprint density at radius 3 is 2.68 bits per heavy atom. The number of hydrogen-bond donors (Lipinski definition) is 1. The predicted octanol–water partition coefficient (Wildman–Crippen LogP) is 4.93. The quantitative estimate of drug-likeness (QED) is 0.671. The number of hydrogen-bond acceptors (Lipinski definition) is 3. The van der Waals surface area contributed by atoms with E-state index < -0.39 is 6.03 Å². The number of amides is 2. The molecular weight excluding hydrogens is 373 g/mol. The molecule has 142 valence electrons. The SMILES string of the molecule is CC(c1cccs1)N(C(N)=O)c1ccc(C2=NCCc3ccc(F)cc32)cc1. The minimum Gasteiger partial charge on any atom is -0.351 e. The molecule has 2 N–H and O–H groups in total. The second kappa shape index (κ2) is 7.56. The van der Waals surface area contributed by atoms with Gasteiger partial charge in [0, 0.05) is 28.2 Å². The number of fused-ring (bicyclic) bond motifs is 1. The van der Waals surface area contributed by atoms with Crippen molar-refractivity contribution in [3.8, 4) is 0 Å². The molecule has 2 aromatic carbocycles. The van der Waals surface area contributed by atoms with Gasteiger partial charge in [-0.1, -0.05) is 24.3 Å². The molecule has 0 bridgehead atoms. The minimum absolute atomic E-state index is 0.162. The molecule has 4 nitrogen and oxygen atoms in total. The molecule has 3 aromatic rings. The maximum absolute atomic E-state index is 13.8. The van der Waals surface area contributed by atoms with Crippen LogP contribution < -0.4 is 10.6 Å². The molecule has 1 aromatic heterocycles. The summed E-state index contributed by atoms with van der Waals surface area (Å²) in [5.74, 6) is -0.269. The van der Waals surface area contributed by atoms with Gasteiger partial charge in [0.1, 0.15) is 5.82 Å². The Morgan fingerprint density at radius 1 is 1.21 bits per heavy atom. The smallest absolute Gasteiger partial charge is 0.319 e. The maximum atomic E-state index is 13.8. The standard InChI is InChI=1S/C22H20FN3OS/c1-14(20-3-2-12-28-20)26(22(24)27)18-8-5-16(6-9-18)21-19-13-17(23)7-4-15(19)10-11-25-21/h2-9,12-14H,10-11H2,1H3,(H2,24,27). The minimum atomic E-state index is -0.504. The third-order valence-corrected chi connectivity index (χ3v) is 6.02. The predicted molar refractivity (Wildman–Crippen MR) is 112 cm³/mol. The van der Waals surface area contributed by atoms with Gasteiger partial charge in [0.25, 0.3) is 0 Å². The second-order valence-corrected chi connectivity index (χ2v) is 7.71. The highest BCUT2D eigenvalue weighted by molar-refractivity contribution is 7.10. The molecule has 2 heterocycles. The number of thiophene rings is 1. The Kier molecular flexibility index (Phi) is 4.96. The number of carbonyl (C=O) groups is 1. The van der Waals surface area contributed by atoms with Crippen LogP contribution in [-0.2, 0) is 6.42 Å². The van der Waals surface area contributed by atoms with Gasteiger partial charge in [-0.3, -0.25) is 9.89 Å². The van der Waals surface area contributed by atoms with Crippen LogP contribution in [0.4, 0.5) is 14.9 Å². The molecular formula is C22H20FN3OS. The van der Waals surface area contributed by atoms with Crippen LogP contribution in [0.1, 0.15) is 34.5 Å². The van der Waals surface area contributed by atoms with Crippen molar-refractivity contribution < 1.29 is 9.18 Å². The van der Waals surface area contributed by atoms with Crippen LogP contribution in [0.25, 0.3) is 0 Å². The van der Waals surface area contributed by atoms with Gasteiger partial charge in [-0.2, -0.15) is 0 Å². The van der Waals surface area contributed by atoms with Crippen LogP contribution in [0.15, 0.2) is 65.0 Å². The first kappa shape index (κ1) is 18.4. The molecule has 28 heavy (non-hydrogen) atoms. The van der Waals surface area contributed by atoms with Crippen molar-refractivity contribution in [1.29, 1.82) is 0 Å². The largest absolute Gasteiger partial charge is 0.351 e. The Morgan fingerprint density at radius 2 is 2.00 bits per heavy atom. The number of benzene rings is 2. The summed E-state index contributed by atoms with van der Waals surface area (Å²) >= 11 is 1.59. The molecule has 1 aliphatic rings. The van der Waals surface area contributed by atoms with Gasteiger partial charge in [0.15, 0.2) is 0 Å². The molecule has 1 unspecified atom stereocenters. The molecule has 0 fully saturated rings. The maximum Gasteiger partial charge on any atom is 0.319 e. The lowest BCUT2D eigenvalue weighted by molar-refractivity contribution is 0.252. The van der Waals surface area contributed by atoms with Gasteiger partial charge >= 0.3 is 6.03 Å². The monoisotopic (exact) mass is 393 g/mol. The van der Waals surface area contributed by atoms with Gasteiger partial charge in [0.05, 0.1) is 11.8 Å². The summed E-state index contributed by atoms with van der Waals surface area (Å²) in [6.07, 6.45) is 0.810. The summed E-state index contributed by atoms with van der Waals surface area (Å²) in [4.78, 5) is 19.4. The molecule has 2 amide bonds. The number of primary amides is 1. The molecule has 1 aliphatic heterocycles. The van der Waals surface area contributed by atoms with Crippen LogP contribution in [0.3, 0.4) is 0 Å². The van der Waals surface area contributed by atoms with Gasteiger partial charge in [0.2, 0.25) is 0 Å². The summed E-state index contributed by atoms with van der Waals surface area (Å²) in [5, 5.41) is 1.98. The number of anilines is 1.